The fourth-order valence-electron chi connectivity index (χ4n) is 3.31. The van der Waals surface area contributed by atoms with Crippen molar-refractivity contribution in [2.45, 2.75) is 45.4 Å². The van der Waals surface area contributed by atoms with Crippen LogP contribution in [0.5, 0.6) is 0 Å². The highest BCUT2D eigenvalue weighted by Crippen LogP contribution is 2.22. The molecule has 0 spiro atoms. The lowest BCUT2D eigenvalue weighted by atomic mass is 9.99. The van der Waals surface area contributed by atoms with E-state index in [1.165, 1.54) is 25.7 Å². The van der Waals surface area contributed by atoms with Crippen LogP contribution >= 0.6 is 0 Å². The van der Waals surface area contributed by atoms with Gasteiger partial charge in [-0.2, -0.15) is 0 Å². The van der Waals surface area contributed by atoms with Crippen molar-refractivity contribution in [3.05, 3.63) is 18.1 Å². The molecule has 1 aromatic rings. The monoisotopic (exact) mass is 302 g/mol. The Morgan fingerprint density at radius 3 is 2.41 bits per heavy atom. The van der Waals surface area contributed by atoms with E-state index in [0.29, 0.717) is 5.69 Å². The number of rotatable bonds is 2. The van der Waals surface area contributed by atoms with Crippen LogP contribution in [0.3, 0.4) is 0 Å². The van der Waals surface area contributed by atoms with Gasteiger partial charge in [-0.1, -0.05) is 19.8 Å². The second-order valence-corrected chi connectivity index (χ2v) is 6.64. The largest absolute Gasteiger partial charge is 0.356 e. The topological polar surface area (TPSA) is 49.3 Å². The Labute approximate surface area is 132 Å². The van der Waals surface area contributed by atoms with Gasteiger partial charge in [0.25, 0.3) is 5.91 Å². The number of anilines is 1. The first-order valence-electron chi connectivity index (χ1n) is 8.60. The van der Waals surface area contributed by atoms with Crippen molar-refractivity contribution < 1.29 is 4.79 Å². The lowest BCUT2D eigenvalue weighted by Crippen LogP contribution is -2.35. The molecule has 0 N–H and O–H groups in total. The van der Waals surface area contributed by atoms with Crippen LogP contribution in [0.2, 0.25) is 0 Å². The zero-order chi connectivity index (χ0) is 15.4. The third-order valence-corrected chi connectivity index (χ3v) is 4.87. The Hall–Kier alpha value is -1.65. The van der Waals surface area contributed by atoms with E-state index >= 15 is 0 Å². The quantitative estimate of drug-likeness (QED) is 0.843. The number of likely N-dealkylation sites (tertiary alicyclic amines) is 1. The third-order valence-electron chi connectivity index (χ3n) is 4.87. The van der Waals surface area contributed by atoms with Crippen LogP contribution in [0.4, 0.5) is 5.82 Å². The highest BCUT2D eigenvalue weighted by molar-refractivity contribution is 5.92. The van der Waals surface area contributed by atoms with E-state index in [-0.39, 0.29) is 5.91 Å². The molecule has 2 aliphatic heterocycles. The average molecular weight is 302 g/mol. The summed E-state index contributed by atoms with van der Waals surface area (Å²) in [5, 5.41) is 0. The van der Waals surface area contributed by atoms with Crippen molar-refractivity contribution in [2.75, 3.05) is 31.1 Å². The van der Waals surface area contributed by atoms with Gasteiger partial charge in [-0.3, -0.25) is 4.79 Å². The summed E-state index contributed by atoms with van der Waals surface area (Å²) in [6, 6.07) is 1.88. The van der Waals surface area contributed by atoms with E-state index in [1.807, 2.05) is 11.0 Å². The molecule has 0 atom stereocenters. The summed E-state index contributed by atoms with van der Waals surface area (Å²) in [5.41, 5.74) is 0.547. The normalized spacial score (nSPS) is 20.8. The van der Waals surface area contributed by atoms with Gasteiger partial charge in [0.2, 0.25) is 0 Å². The molecule has 0 bridgehead atoms. The van der Waals surface area contributed by atoms with Crippen molar-refractivity contribution in [3.8, 4) is 0 Å². The second kappa shape index (κ2) is 7.07. The van der Waals surface area contributed by atoms with Crippen molar-refractivity contribution in [1.82, 2.24) is 14.9 Å². The van der Waals surface area contributed by atoms with Crippen LogP contribution in [-0.2, 0) is 0 Å². The second-order valence-electron chi connectivity index (χ2n) is 6.64. The predicted molar refractivity (Wildman–Crippen MR) is 87.0 cm³/mol. The molecule has 0 aromatic carbocycles. The Bertz CT molecular complexity index is 503. The van der Waals surface area contributed by atoms with Crippen LogP contribution in [-0.4, -0.2) is 47.0 Å². The predicted octanol–water partition coefficient (Wildman–Crippen LogP) is 2.73. The molecule has 1 amide bonds. The minimum atomic E-state index is 0.0657. The first-order chi connectivity index (χ1) is 10.7. The third kappa shape index (κ3) is 3.57. The lowest BCUT2D eigenvalue weighted by Gasteiger charge is -2.31. The SMILES string of the molecule is CC1CCN(c2cc(C(=O)N3CCCCCC3)ncn2)CC1. The molecule has 2 aliphatic rings. The number of aromatic nitrogens is 2. The summed E-state index contributed by atoms with van der Waals surface area (Å²) in [6.07, 6.45) is 8.59. The molecular weight excluding hydrogens is 276 g/mol. The fraction of sp³-hybridized carbons (Fsp3) is 0.706. The zero-order valence-electron chi connectivity index (χ0n) is 13.5. The average Bonchev–Trinajstić information content (AvgIpc) is 2.84. The van der Waals surface area contributed by atoms with E-state index in [0.717, 1.165) is 50.8 Å². The molecule has 3 rings (SSSR count). The molecular formula is C17H26N4O. The molecule has 2 fully saturated rings. The van der Waals surface area contributed by atoms with Gasteiger partial charge < -0.3 is 9.80 Å². The van der Waals surface area contributed by atoms with Crippen LogP contribution in [0.15, 0.2) is 12.4 Å². The molecule has 1 aromatic heterocycles. The van der Waals surface area contributed by atoms with Crippen molar-refractivity contribution in [2.24, 2.45) is 5.92 Å². The van der Waals surface area contributed by atoms with Crippen LogP contribution in [0.25, 0.3) is 0 Å². The first-order valence-corrected chi connectivity index (χ1v) is 8.60. The van der Waals surface area contributed by atoms with Gasteiger partial charge in [-0.25, -0.2) is 9.97 Å². The van der Waals surface area contributed by atoms with Gasteiger partial charge in [-0.15, -0.1) is 0 Å². The van der Waals surface area contributed by atoms with Crippen molar-refractivity contribution >= 4 is 11.7 Å². The molecule has 120 valence electrons. The summed E-state index contributed by atoms with van der Waals surface area (Å²) in [7, 11) is 0. The molecule has 0 aliphatic carbocycles. The van der Waals surface area contributed by atoms with Gasteiger partial charge >= 0.3 is 0 Å². The van der Waals surface area contributed by atoms with Crippen LogP contribution < -0.4 is 4.90 Å². The molecule has 22 heavy (non-hydrogen) atoms. The number of piperidine rings is 1. The molecule has 0 radical (unpaired) electrons. The standard InChI is InChI=1S/C17H26N4O/c1-14-6-10-20(11-7-14)16-12-15(18-13-19-16)17(22)21-8-4-2-3-5-9-21/h12-14H,2-11H2,1H3. The maximum absolute atomic E-state index is 12.7. The minimum absolute atomic E-state index is 0.0657. The Balaban J connectivity index is 1.71. The number of hydrogen-bond donors (Lipinski definition) is 0. The fourth-order valence-corrected chi connectivity index (χ4v) is 3.31. The highest BCUT2D eigenvalue weighted by atomic mass is 16.2. The smallest absolute Gasteiger partial charge is 0.272 e. The number of hydrogen-bond acceptors (Lipinski definition) is 4. The van der Waals surface area contributed by atoms with Gasteiger partial charge in [-0.05, 0) is 31.6 Å². The molecule has 0 unspecified atom stereocenters. The van der Waals surface area contributed by atoms with E-state index in [1.54, 1.807) is 6.33 Å². The minimum Gasteiger partial charge on any atom is -0.356 e. The molecule has 0 saturated carbocycles. The molecule has 3 heterocycles. The maximum Gasteiger partial charge on any atom is 0.272 e. The summed E-state index contributed by atoms with van der Waals surface area (Å²) < 4.78 is 0. The summed E-state index contributed by atoms with van der Waals surface area (Å²) >= 11 is 0. The van der Waals surface area contributed by atoms with E-state index in [9.17, 15) is 4.79 Å². The van der Waals surface area contributed by atoms with Gasteiger partial charge in [0, 0.05) is 32.2 Å². The summed E-state index contributed by atoms with van der Waals surface area (Å²) in [5.74, 6) is 1.76. The maximum atomic E-state index is 12.7. The van der Waals surface area contributed by atoms with Gasteiger partial charge in [0.15, 0.2) is 0 Å². The van der Waals surface area contributed by atoms with E-state index < -0.39 is 0 Å². The number of carbonyl (C=O) groups is 1. The Morgan fingerprint density at radius 2 is 1.73 bits per heavy atom. The zero-order valence-corrected chi connectivity index (χ0v) is 13.5. The van der Waals surface area contributed by atoms with E-state index in [2.05, 4.69) is 21.8 Å². The van der Waals surface area contributed by atoms with Gasteiger partial charge in [0.1, 0.15) is 17.8 Å². The van der Waals surface area contributed by atoms with E-state index in [4.69, 9.17) is 0 Å². The van der Waals surface area contributed by atoms with Crippen LogP contribution in [0.1, 0.15) is 55.9 Å². The first kappa shape index (κ1) is 15.3. The van der Waals surface area contributed by atoms with Crippen molar-refractivity contribution in [1.29, 1.82) is 0 Å². The summed E-state index contributed by atoms with van der Waals surface area (Å²) in [4.78, 5) is 25.5. The van der Waals surface area contributed by atoms with Gasteiger partial charge in [0.05, 0.1) is 0 Å². The van der Waals surface area contributed by atoms with Crippen molar-refractivity contribution in [3.63, 3.8) is 0 Å². The highest BCUT2D eigenvalue weighted by Gasteiger charge is 2.21. The molecule has 5 heteroatoms. The molecule has 2 saturated heterocycles. The summed E-state index contributed by atoms with van der Waals surface area (Å²) in [6.45, 7) is 6.06. The number of nitrogens with zero attached hydrogens (tertiary/aromatic N) is 4. The molecule has 5 nitrogen and oxygen atoms in total. The number of amides is 1. The Morgan fingerprint density at radius 1 is 1.05 bits per heavy atom. The number of carbonyl (C=O) groups excluding carboxylic acids is 1. The lowest BCUT2D eigenvalue weighted by molar-refractivity contribution is 0.0755. The Kier molecular flexibility index (Phi) is 4.90. The van der Waals surface area contributed by atoms with Crippen LogP contribution in [0, 0.1) is 5.92 Å².